The third-order valence-corrected chi connectivity index (χ3v) is 10.2. The largest absolute Gasteiger partial charge is 0.507 e. The number of benzene rings is 2. The summed E-state index contributed by atoms with van der Waals surface area (Å²) in [6.07, 6.45) is -3.16. The summed E-state index contributed by atoms with van der Waals surface area (Å²) in [5, 5.41) is 46.2. The van der Waals surface area contributed by atoms with Crippen LogP contribution in [0.5, 0.6) is 5.75 Å². The van der Waals surface area contributed by atoms with E-state index < -0.39 is 63.9 Å². The quantitative estimate of drug-likeness (QED) is 0.278. The van der Waals surface area contributed by atoms with E-state index in [2.05, 4.69) is 0 Å². The molecule has 8 atom stereocenters. The Morgan fingerprint density at radius 2 is 1.73 bits per heavy atom. The van der Waals surface area contributed by atoms with Crippen molar-refractivity contribution in [2.45, 2.75) is 65.3 Å². The number of carbonyl (C=O) groups excluding carboxylic acids is 4. The minimum absolute atomic E-state index is 0.0142. The Morgan fingerprint density at radius 1 is 1.07 bits per heavy atom. The van der Waals surface area contributed by atoms with Crippen molar-refractivity contribution in [3.05, 3.63) is 53.1 Å². The van der Waals surface area contributed by atoms with Crippen LogP contribution in [0.2, 0.25) is 0 Å². The average molecular weight is 564 g/mol. The van der Waals surface area contributed by atoms with Crippen LogP contribution in [-0.2, 0) is 16.0 Å². The van der Waals surface area contributed by atoms with Crippen molar-refractivity contribution in [1.29, 1.82) is 0 Å². The van der Waals surface area contributed by atoms with Crippen LogP contribution in [0.15, 0.2) is 36.4 Å². The molecule has 3 aliphatic rings. The van der Waals surface area contributed by atoms with Gasteiger partial charge in [-0.15, -0.1) is 0 Å². The zero-order valence-electron chi connectivity index (χ0n) is 23.8. The van der Waals surface area contributed by atoms with Gasteiger partial charge in [0.2, 0.25) is 5.91 Å². The topological polar surface area (TPSA) is 175 Å². The number of aromatic hydroxyl groups is 1. The van der Waals surface area contributed by atoms with Gasteiger partial charge in [-0.3, -0.25) is 19.2 Å². The molecule has 9 nitrogen and oxygen atoms in total. The Balaban J connectivity index is 1.73. The maximum Gasteiger partial charge on any atom is 0.230 e. The number of aliphatic hydroxyl groups excluding tert-OH is 2. The standard InChI is InChI=1S/C32H37NO8/c1-14(2)23-26(37)22(29(33)40)27(38)32(41)28(39)24-25(36)21-19(12-30(24,4)13-31(23,32)5)18(9-10-20(21)35)17-8-6-7-16(11-17)15(3)34/h6-11,14,22-24,26,28,35,37,39,41H,12-13H2,1-5H3,(H2,33,40)/t22-,23+,24-,26?,28?,30-,31-,32+/m1/s1. The number of carbonyl (C=O) groups is 4. The monoisotopic (exact) mass is 563 g/mol. The summed E-state index contributed by atoms with van der Waals surface area (Å²) in [4.78, 5) is 52.4. The number of aliphatic hydroxyl groups is 3. The van der Waals surface area contributed by atoms with Crippen LogP contribution in [-0.4, -0.2) is 61.5 Å². The van der Waals surface area contributed by atoms with Gasteiger partial charge in [0, 0.05) is 11.0 Å². The van der Waals surface area contributed by atoms with Crippen molar-refractivity contribution in [2.75, 3.05) is 0 Å². The highest BCUT2D eigenvalue weighted by Gasteiger charge is 2.75. The number of primary amides is 1. The molecule has 0 aromatic heterocycles. The molecule has 6 N–H and O–H groups in total. The van der Waals surface area contributed by atoms with E-state index in [1.165, 1.54) is 13.0 Å². The van der Waals surface area contributed by atoms with Gasteiger partial charge >= 0.3 is 0 Å². The third-order valence-electron chi connectivity index (χ3n) is 10.2. The van der Waals surface area contributed by atoms with Gasteiger partial charge in [-0.25, -0.2) is 0 Å². The lowest BCUT2D eigenvalue weighted by molar-refractivity contribution is -0.265. The molecule has 0 aliphatic heterocycles. The van der Waals surface area contributed by atoms with E-state index >= 15 is 0 Å². The third kappa shape index (κ3) is 3.78. The number of nitrogens with two attached hydrogens (primary N) is 1. The summed E-state index contributed by atoms with van der Waals surface area (Å²) in [5.41, 5.74) is 2.84. The SMILES string of the molecule is CC(=O)c1cccc(-c2ccc(O)c3c2C[C@]2(C)C[C@]4(C)[C@@H](C(C)C)C(O)[C@@H](C(N)=O)C(=O)[C@]4(O)C(O)[C@H]2C3=O)c1. The molecule has 2 unspecified atom stereocenters. The fourth-order valence-electron chi connectivity index (χ4n) is 8.71. The number of hydrogen-bond acceptors (Lipinski definition) is 8. The summed E-state index contributed by atoms with van der Waals surface area (Å²) in [6.45, 7) is 8.49. The van der Waals surface area contributed by atoms with Gasteiger partial charge in [-0.05, 0) is 65.8 Å². The number of phenolic OH excluding ortho intramolecular Hbond substituents is 1. The molecule has 1 amide bonds. The Hall–Kier alpha value is -3.40. The lowest BCUT2D eigenvalue weighted by atomic mass is 9.39. The molecule has 2 fully saturated rings. The van der Waals surface area contributed by atoms with E-state index in [9.17, 15) is 39.6 Å². The van der Waals surface area contributed by atoms with Crippen LogP contribution in [0, 0.1) is 34.5 Å². The molecule has 218 valence electrons. The predicted molar refractivity (Wildman–Crippen MR) is 149 cm³/mol. The molecule has 0 bridgehead atoms. The van der Waals surface area contributed by atoms with Crippen molar-refractivity contribution in [2.24, 2.45) is 40.2 Å². The van der Waals surface area contributed by atoms with Gasteiger partial charge < -0.3 is 26.2 Å². The molecule has 0 radical (unpaired) electrons. The highest BCUT2D eigenvalue weighted by Crippen LogP contribution is 2.66. The minimum Gasteiger partial charge on any atom is -0.507 e. The molecular weight excluding hydrogens is 526 g/mol. The first-order chi connectivity index (χ1) is 19.0. The van der Waals surface area contributed by atoms with Gasteiger partial charge in [0.1, 0.15) is 17.8 Å². The molecule has 5 rings (SSSR count). The lowest BCUT2D eigenvalue weighted by Gasteiger charge is -2.66. The highest BCUT2D eigenvalue weighted by atomic mass is 16.4. The van der Waals surface area contributed by atoms with Crippen molar-refractivity contribution in [3.63, 3.8) is 0 Å². The van der Waals surface area contributed by atoms with E-state index in [4.69, 9.17) is 5.73 Å². The van der Waals surface area contributed by atoms with E-state index in [-0.39, 0.29) is 35.9 Å². The molecule has 41 heavy (non-hydrogen) atoms. The van der Waals surface area contributed by atoms with Crippen LogP contribution in [0.4, 0.5) is 0 Å². The Kier molecular flexibility index (Phi) is 6.61. The molecule has 3 aliphatic carbocycles. The summed E-state index contributed by atoms with van der Waals surface area (Å²) < 4.78 is 0. The average Bonchev–Trinajstić information content (AvgIpc) is 2.86. The zero-order chi connectivity index (χ0) is 30.4. The maximum atomic E-state index is 14.2. The number of Topliss-reactive ketones (excluding diaryl/α,β-unsaturated/α-hetero) is 3. The lowest BCUT2D eigenvalue weighted by Crippen LogP contribution is -2.79. The zero-order valence-corrected chi connectivity index (χ0v) is 23.8. The molecule has 2 aromatic carbocycles. The van der Waals surface area contributed by atoms with E-state index in [0.29, 0.717) is 22.3 Å². The van der Waals surface area contributed by atoms with Gasteiger partial charge in [0.15, 0.2) is 23.0 Å². The molecule has 2 saturated carbocycles. The van der Waals surface area contributed by atoms with E-state index in [1.54, 1.807) is 52.0 Å². The van der Waals surface area contributed by atoms with Gasteiger partial charge in [0.05, 0.1) is 17.6 Å². The van der Waals surface area contributed by atoms with Crippen LogP contribution in [0.1, 0.15) is 67.3 Å². The van der Waals surface area contributed by atoms with Crippen LogP contribution >= 0.6 is 0 Å². The summed E-state index contributed by atoms with van der Waals surface area (Å²) >= 11 is 0. The summed E-state index contributed by atoms with van der Waals surface area (Å²) in [5.74, 6) is -7.45. The van der Waals surface area contributed by atoms with Crippen LogP contribution < -0.4 is 5.73 Å². The first-order valence-corrected chi connectivity index (χ1v) is 13.9. The fourth-order valence-corrected chi connectivity index (χ4v) is 8.71. The molecule has 9 heteroatoms. The number of phenols is 1. The summed E-state index contributed by atoms with van der Waals surface area (Å²) in [7, 11) is 0. The smallest absolute Gasteiger partial charge is 0.230 e. The minimum atomic E-state index is -2.55. The fraction of sp³-hybridized carbons (Fsp3) is 0.500. The number of amides is 1. The van der Waals surface area contributed by atoms with Gasteiger partial charge in [-0.2, -0.15) is 0 Å². The van der Waals surface area contributed by atoms with E-state index in [0.717, 1.165) is 0 Å². The van der Waals surface area contributed by atoms with Crippen molar-refractivity contribution >= 4 is 23.3 Å². The number of hydrogen-bond donors (Lipinski definition) is 5. The second-order valence-corrected chi connectivity index (χ2v) is 13.1. The molecular formula is C32H37NO8. The summed E-state index contributed by atoms with van der Waals surface area (Å²) in [6, 6.07) is 10.0. The van der Waals surface area contributed by atoms with Crippen molar-refractivity contribution in [3.8, 4) is 16.9 Å². The predicted octanol–water partition coefficient (Wildman–Crippen LogP) is 2.44. The van der Waals surface area contributed by atoms with Gasteiger partial charge in [-0.1, -0.05) is 52.0 Å². The molecule has 0 heterocycles. The Labute approximate surface area is 238 Å². The normalized spacial score (nSPS) is 36.4. The number of rotatable bonds is 4. The molecule has 0 spiro atoms. The highest BCUT2D eigenvalue weighted by molar-refractivity contribution is 6.09. The second kappa shape index (κ2) is 9.31. The first kappa shape index (κ1) is 29.1. The van der Waals surface area contributed by atoms with Gasteiger partial charge in [0.25, 0.3) is 0 Å². The Bertz CT molecular complexity index is 1500. The number of fused-ring (bicyclic) bond motifs is 3. The van der Waals surface area contributed by atoms with Crippen molar-refractivity contribution in [1.82, 2.24) is 0 Å². The van der Waals surface area contributed by atoms with Crippen molar-refractivity contribution < 1.29 is 39.6 Å². The second-order valence-electron chi connectivity index (χ2n) is 13.1. The first-order valence-electron chi connectivity index (χ1n) is 13.9. The molecule has 0 saturated heterocycles. The Morgan fingerprint density at radius 3 is 2.32 bits per heavy atom. The van der Waals surface area contributed by atoms with E-state index in [1.807, 2.05) is 6.07 Å². The molecule has 2 aromatic rings. The van der Waals surface area contributed by atoms with Crippen LogP contribution in [0.25, 0.3) is 11.1 Å². The van der Waals surface area contributed by atoms with Crippen LogP contribution in [0.3, 0.4) is 0 Å². The maximum absolute atomic E-state index is 14.2. The number of ketones is 3.